The van der Waals surface area contributed by atoms with Gasteiger partial charge in [0.1, 0.15) is 17.1 Å². The van der Waals surface area contributed by atoms with E-state index >= 15 is 0 Å². The van der Waals surface area contributed by atoms with Crippen LogP contribution in [0.3, 0.4) is 0 Å². The molecular formula is C19H30O6Si. The number of esters is 2. The lowest BCUT2D eigenvalue weighted by Gasteiger charge is -2.32. The van der Waals surface area contributed by atoms with Gasteiger partial charge >= 0.3 is 11.9 Å². The monoisotopic (exact) mass is 382 g/mol. The first-order valence-corrected chi connectivity index (χ1v) is 11.4. The summed E-state index contributed by atoms with van der Waals surface area (Å²) in [6.07, 6.45) is 0. The van der Waals surface area contributed by atoms with Gasteiger partial charge in [-0.2, -0.15) is 0 Å². The second-order valence-corrected chi connectivity index (χ2v) is 10.9. The third-order valence-electron chi connectivity index (χ3n) is 5.11. The molecule has 146 valence electrons. The minimum atomic E-state index is -2.00. The Labute approximate surface area is 156 Å². The molecule has 0 saturated carbocycles. The molecule has 0 spiro atoms. The van der Waals surface area contributed by atoms with E-state index in [4.69, 9.17) is 18.6 Å². The van der Waals surface area contributed by atoms with E-state index in [-0.39, 0.29) is 16.9 Å². The van der Waals surface area contributed by atoms with Crippen molar-refractivity contribution >= 4 is 20.3 Å². The molecule has 0 unspecified atom stereocenters. The maximum Gasteiger partial charge on any atom is 0.342 e. The summed E-state index contributed by atoms with van der Waals surface area (Å²) in [5.74, 6) is -0.385. The van der Waals surface area contributed by atoms with Gasteiger partial charge in [0.25, 0.3) is 8.32 Å². The van der Waals surface area contributed by atoms with Crippen LogP contribution in [0.15, 0.2) is 0 Å². The van der Waals surface area contributed by atoms with E-state index in [9.17, 15) is 9.59 Å². The molecule has 1 rings (SSSR count). The van der Waals surface area contributed by atoms with E-state index in [1.807, 2.05) is 6.92 Å². The highest BCUT2D eigenvalue weighted by Crippen LogP contribution is 2.41. The van der Waals surface area contributed by atoms with E-state index < -0.39 is 20.3 Å². The highest BCUT2D eigenvalue weighted by Gasteiger charge is 2.36. The van der Waals surface area contributed by atoms with Gasteiger partial charge in [-0.05, 0) is 32.0 Å². The summed E-state index contributed by atoms with van der Waals surface area (Å²) >= 11 is 0. The van der Waals surface area contributed by atoms with Crippen molar-refractivity contribution in [2.24, 2.45) is 0 Å². The third-order valence-corrected chi connectivity index (χ3v) is 9.61. The molecule has 0 radical (unpaired) electrons. The van der Waals surface area contributed by atoms with Crippen molar-refractivity contribution in [3.8, 4) is 11.5 Å². The Morgan fingerprint density at radius 2 is 1.23 bits per heavy atom. The van der Waals surface area contributed by atoms with E-state index in [1.165, 1.54) is 21.3 Å². The van der Waals surface area contributed by atoms with Crippen molar-refractivity contribution in [2.45, 2.75) is 52.8 Å². The molecule has 6 nitrogen and oxygen atoms in total. The van der Waals surface area contributed by atoms with Crippen LogP contribution < -0.4 is 9.16 Å². The predicted octanol–water partition coefficient (Wildman–Crippen LogP) is 4.27. The van der Waals surface area contributed by atoms with Crippen LogP contribution in [0, 0.1) is 13.8 Å². The van der Waals surface area contributed by atoms with Crippen molar-refractivity contribution in [1.29, 1.82) is 0 Å². The predicted molar refractivity (Wildman–Crippen MR) is 103 cm³/mol. The number of carbonyl (C=O) groups excluding carboxylic acids is 2. The molecule has 0 amide bonds. The first kappa shape index (κ1) is 22.0. The fourth-order valence-electron chi connectivity index (χ4n) is 3.23. The van der Waals surface area contributed by atoms with Gasteiger partial charge in [-0.25, -0.2) is 9.59 Å². The summed E-state index contributed by atoms with van der Waals surface area (Å²) in [6, 6.07) is 2.86. The Morgan fingerprint density at radius 3 is 1.62 bits per heavy atom. The molecule has 0 atom stereocenters. The number of ether oxygens (including phenoxy) is 3. The van der Waals surface area contributed by atoms with E-state index in [0.717, 1.165) is 18.1 Å². The van der Waals surface area contributed by atoms with Crippen LogP contribution >= 0.6 is 0 Å². The Balaban J connectivity index is 3.84. The van der Waals surface area contributed by atoms with Crippen LogP contribution in [-0.2, 0) is 9.47 Å². The van der Waals surface area contributed by atoms with Crippen molar-refractivity contribution < 1.29 is 28.2 Å². The lowest BCUT2D eigenvalue weighted by Crippen LogP contribution is -2.40. The molecule has 1 aromatic rings. The minimum absolute atomic E-state index is 0.0703. The minimum Gasteiger partial charge on any atom is -0.543 e. The lowest BCUT2D eigenvalue weighted by atomic mass is 9.96. The SMILES string of the molecule is CC[Si](CC)(CC)Oc1c(C)c(OC)c(C(=O)OC)c(C(=O)OC)c1C. The molecule has 0 aromatic heterocycles. The normalized spacial score (nSPS) is 11.1. The molecule has 26 heavy (non-hydrogen) atoms. The van der Waals surface area contributed by atoms with Crippen LogP contribution in [-0.4, -0.2) is 41.6 Å². The molecular weight excluding hydrogens is 352 g/mol. The average molecular weight is 383 g/mol. The fourth-order valence-corrected chi connectivity index (χ4v) is 5.90. The van der Waals surface area contributed by atoms with Crippen molar-refractivity contribution in [2.75, 3.05) is 21.3 Å². The largest absolute Gasteiger partial charge is 0.543 e. The summed E-state index contributed by atoms with van der Waals surface area (Å²) in [6.45, 7) is 9.98. The highest BCUT2D eigenvalue weighted by molar-refractivity contribution is 6.74. The summed E-state index contributed by atoms with van der Waals surface area (Å²) in [7, 11) is 2.00. The third kappa shape index (κ3) is 3.87. The molecule has 0 aliphatic rings. The Bertz CT molecular complexity index is 671. The standard InChI is InChI=1S/C19H30O6Si/c1-9-26(10-2,11-3)25-16-12(4)14(18(20)23-7)15(19(21)24-8)17(22-6)13(16)5/h9-11H2,1-8H3. The van der Waals surface area contributed by atoms with Crippen LogP contribution in [0.2, 0.25) is 18.1 Å². The second kappa shape index (κ2) is 9.07. The quantitative estimate of drug-likeness (QED) is 0.494. The zero-order valence-electron chi connectivity index (χ0n) is 17.1. The van der Waals surface area contributed by atoms with Crippen molar-refractivity contribution in [1.82, 2.24) is 0 Å². The van der Waals surface area contributed by atoms with Crippen molar-refractivity contribution in [3.05, 3.63) is 22.3 Å². The summed E-state index contributed by atoms with van der Waals surface area (Å²) in [5, 5.41) is 0. The highest BCUT2D eigenvalue weighted by atomic mass is 28.4. The van der Waals surface area contributed by atoms with Crippen LogP contribution in [0.1, 0.15) is 52.6 Å². The molecule has 7 heteroatoms. The van der Waals surface area contributed by atoms with Crippen LogP contribution in [0.5, 0.6) is 11.5 Å². The molecule has 0 heterocycles. The maximum atomic E-state index is 12.5. The Morgan fingerprint density at radius 1 is 0.769 bits per heavy atom. The van der Waals surface area contributed by atoms with Gasteiger partial charge in [0.15, 0.2) is 0 Å². The Kier molecular flexibility index (Phi) is 7.68. The number of methoxy groups -OCH3 is 3. The first-order valence-electron chi connectivity index (χ1n) is 8.84. The van der Waals surface area contributed by atoms with Gasteiger partial charge in [-0.3, -0.25) is 0 Å². The van der Waals surface area contributed by atoms with Gasteiger partial charge in [-0.15, -0.1) is 0 Å². The molecule has 1 aromatic carbocycles. The Hall–Kier alpha value is -2.02. The molecule has 0 aliphatic heterocycles. The fraction of sp³-hybridized carbons (Fsp3) is 0.579. The van der Waals surface area contributed by atoms with Gasteiger partial charge in [0.2, 0.25) is 0 Å². The molecule has 0 saturated heterocycles. The van der Waals surface area contributed by atoms with E-state index in [1.54, 1.807) is 6.92 Å². The molecule has 0 fully saturated rings. The molecule has 0 bridgehead atoms. The summed E-state index contributed by atoms with van der Waals surface area (Å²) in [5.41, 5.74) is 1.46. The smallest absolute Gasteiger partial charge is 0.342 e. The summed E-state index contributed by atoms with van der Waals surface area (Å²) < 4.78 is 21.8. The average Bonchev–Trinajstić information content (AvgIpc) is 2.67. The summed E-state index contributed by atoms with van der Waals surface area (Å²) in [4.78, 5) is 24.8. The van der Waals surface area contributed by atoms with Crippen molar-refractivity contribution in [3.63, 3.8) is 0 Å². The number of carbonyl (C=O) groups is 2. The van der Waals surface area contributed by atoms with Crippen LogP contribution in [0.4, 0.5) is 0 Å². The number of hydrogen-bond donors (Lipinski definition) is 0. The zero-order valence-corrected chi connectivity index (χ0v) is 18.1. The van der Waals surface area contributed by atoms with E-state index in [2.05, 4.69) is 20.8 Å². The van der Waals surface area contributed by atoms with Gasteiger partial charge in [-0.1, -0.05) is 20.8 Å². The topological polar surface area (TPSA) is 71.1 Å². The number of benzene rings is 1. The molecule has 0 N–H and O–H groups in total. The first-order chi connectivity index (χ1) is 12.3. The van der Waals surface area contributed by atoms with Gasteiger partial charge < -0.3 is 18.6 Å². The van der Waals surface area contributed by atoms with Crippen LogP contribution in [0.25, 0.3) is 0 Å². The number of hydrogen-bond acceptors (Lipinski definition) is 6. The zero-order chi connectivity index (χ0) is 20.1. The molecule has 0 aliphatic carbocycles. The second-order valence-electron chi connectivity index (χ2n) is 6.19. The maximum absolute atomic E-state index is 12.5. The number of rotatable bonds is 8. The lowest BCUT2D eigenvalue weighted by molar-refractivity contribution is 0.0550. The van der Waals surface area contributed by atoms with Gasteiger partial charge in [0.05, 0.1) is 26.9 Å². The van der Waals surface area contributed by atoms with Gasteiger partial charge in [0, 0.05) is 11.1 Å². The van der Waals surface area contributed by atoms with E-state index in [0.29, 0.717) is 16.9 Å².